The molecule has 0 radical (unpaired) electrons. The maximum Gasteiger partial charge on any atom is 0.251 e. The summed E-state index contributed by atoms with van der Waals surface area (Å²) in [5.74, 6) is 1.59. The number of hydrogen-bond donors (Lipinski definition) is 1. The molecular formula is C22H27NO3. The number of hydrogen-bond acceptors (Lipinski definition) is 3. The highest BCUT2D eigenvalue weighted by atomic mass is 16.5. The van der Waals surface area contributed by atoms with E-state index in [0.717, 1.165) is 37.4 Å². The standard InChI is InChI=1S/C22H27NO3/c1-3-16-25-20-13-11-19(12-14-20)22(24)23-15-7-9-18-8-5-6-10-21(18)26-17-4-2/h3,5-6,8,10-14H,1,4,7,9,15-17H2,2H3,(H,23,24). The fraction of sp³-hybridized carbons (Fsp3) is 0.318. The number of rotatable bonds is 11. The third kappa shape index (κ3) is 6.28. The van der Waals surface area contributed by atoms with E-state index in [0.29, 0.717) is 18.7 Å². The summed E-state index contributed by atoms with van der Waals surface area (Å²) < 4.78 is 11.2. The normalized spacial score (nSPS) is 10.2. The Kier molecular flexibility index (Phi) is 8.27. The number of benzene rings is 2. The summed E-state index contributed by atoms with van der Waals surface area (Å²) in [4.78, 5) is 12.2. The number of ether oxygens (including phenoxy) is 2. The molecule has 0 unspecified atom stereocenters. The molecule has 0 atom stereocenters. The number of nitrogens with one attached hydrogen (secondary N) is 1. The van der Waals surface area contributed by atoms with Crippen LogP contribution in [0, 0.1) is 0 Å². The second-order valence-electron chi connectivity index (χ2n) is 5.94. The number of carbonyl (C=O) groups excluding carboxylic acids is 1. The molecule has 1 N–H and O–H groups in total. The number of carbonyl (C=O) groups is 1. The van der Waals surface area contributed by atoms with Gasteiger partial charge in [0.15, 0.2) is 0 Å². The highest BCUT2D eigenvalue weighted by molar-refractivity contribution is 5.94. The largest absolute Gasteiger partial charge is 0.493 e. The molecule has 2 rings (SSSR count). The Morgan fingerprint density at radius 3 is 2.62 bits per heavy atom. The van der Waals surface area contributed by atoms with Crippen molar-refractivity contribution in [3.05, 3.63) is 72.3 Å². The molecule has 4 heteroatoms. The molecule has 0 fully saturated rings. The Morgan fingerprint density at radius 2 is 1.88 bits per heavy atom. The van der Waals surface area contributed by atoms with Crippen molar-refractivity contribution in [3.63, 3.8) is 0 Å². The molecule has 0 saturated carbocycles. The highest BCUT2D eigenvalue weighted by Crippen LogP contribution is 2.19. The molecule has 0 spiro atoms. The van der Waals surface area contributed by atoms with Crippen molar-refractivity contribution in [2.75, 3.05) is 19.8 Å². The first-order valence-corrected chi connectivity index (χ1v) is 9.07. The minimum absolute atomic E-state index is 0.0733. The molecule has 2 aromatic rings. The quantitative estimate of drug-likeness (QED) is 0.481. The lowest BCUT2D eigenvalue weighted by molar-refractivity contribution is 0.0953. The Balaban J connectivity index is 1.77. The van der Waals surface area contributed by atoms with Crippen molar-refractivity contribution in [2.45, 2.75) is 26.2 Å². The van der Waals surface area contributed by atoms with Crippen LogP contribution in [0.25, 0.3) is 0 Å². The monoisotopic (exact) mass is 353 g/mol. The van der Waals surface area contributed by atoms with Crippen molar-refractivity contribution in [1.82, 2.24) is 5.32 Å². The minimum atomic E-state index is -0.0733. The van der Waals surface area contributed by atoms with Gasteiger partial charge in [0.05, 0.1) is 6.61 Å². The zero-order chi connectivity index (χ0) is 18.6. The van der Waals surface area contributed by atoms with Gasteiger partial charge in [0.25, 0.3) is 5.91 Å². The second-order valence-corrected chi connectivity index (χ2v) is 5.94. The van der Waals surface area contributed by atoms with E-state index in [1.807, 2.05) is 18.2 Å². The predicted molar refractivity (Wildman–Crippen MR) is 105 cm³/mol. The van der Waals surface area contributed by atoms with Gasteiger partial charge in [-0.25, -0.2) is 0 Å². The molecular weight excluding hydrogens is 326 g/mol. The van der Waals surface area contributed by atoms with Crippen LogP contribution >= 0.6 is 0 Å². The van der Waals surface area contributed by atoms with Gasteiger partial charge < -0.3 is 14.8 Å². The van der Waals surface area contributed by atoms with Crippen LogP contribution < -0.4 is 14.8 Å². The lowest BCUT2D eigenvalue weighted by Gasteiger charge is -2.11. The van der Waals surface area contributed by atoms with Gasteiger partial charge in [0.1, 0.15) is 18.1 Å². The molecule has 0 aliphatic heterocycles. The predicted octanol–water partition coefficient (Wildman–Crippen LogP) is 4.40. The van der Waals surface area contributed by atoms with Crippen molar-refractivity contribution in [2.24, 2.45) is 0 Å². The molecule has 26 heavy (non-hydrogen) atoms. The first kappa shape index (κ1) is 19.6. The molecule has 0 aliphatic rings. The summed E-state index contributed by atoms with van der Waals surface area (Å²) in [6, 6.07) is 15.2. The SMILES string of the molecule is C=CCOc1ccc(C(=O)NCCCc2ccccc2OCCC)cc1. The molecule has 0 aromatic heterocycles. The van der Waals surface area contributed by atoms with Crippen molar-refractivity contribution in [3.8, 4) is 11.5 Å². The van der Waals surface area contributed by atoms with E-state index in [1.165, 1.54) is 5.56 Å². The van der Waals surface area contributed by atoms with Crippen molar-refractivity contribution >= 4 is 5.91 Å². The van der Waals surface area contributed by atoms with Gasteiger partial charge in [0.2, 0.25) is 0 Å². The van der Waals surface area contributed by atoms with Crippen LogP contribution in [0.1, 0.15) is 35.7 Å². The Bertz CT molecular complexity index is 695. The zero-order valence-electron chi connectivity index (χ0n) is 15.4. The van der Waals surface area contributed by atoms with Crippen LogP contribution in [0.4, 0.5) is 0 Å². The van der Waals surface area contributed by atoms with Gasteiger partial charge in [0, 0.05) is 12.1 Å². The second kappa shape index (κ2) is 11.0. The molecule has 0 saturated heterocycles. The highest BCUT2D eigenvalue weighted by Gasteiger charge is 2.06. The van der Waals surface area contributed by atoms with E-state index in [1.54, 1.807) is 30.3 Å². The number of amides is 1. The summed E-state index contributed by atoms with van der Waals surface area (Å²) in [6.07, 6.45) is 4.40. The minimum Gasteiger partial charge on any atom is -0.493 e. The van der Waals surface area contributed by atoms with E-state index < -0.39 is 0 Å². The maximum atomic E-state index is 12.2. The first-order chi connectivity index (χ1) is 12.7. The average molecular weight is 353 g/mol. The van der Waals surface area contributed by atoms with Gasteiger partial charge in [-0.05, 0) is 55.2 Å². The summed E-state index contributed by atoms with van der Waals surface area (Å²) >= 11 is 0. The zero-order valence-corrected chi connectivity index (χ0v) is 15.4. The molecule has 138 valence electrons. The Hall–Kier alpha value is -2.75. The van der Waals surface area contributed by atoms with E-state index in [2.05, 4.69) is 24.9 Å². The van der Waals surface area contributed by atoms with E-state index >= 15 is 0 Å². The number of aryl methyl sites for hydroxylation is 1. The van der Waals surface area contributed by atoms with E-state index in [4.69, 9.17) is 9.47 Å². The molecule has 0 bridgehead atoms. The van der Waals surface area contributed by atoms with Crippen LogP contribution in [0.15, 0.2) is 61.2 Å². The summed E-state index contributed by atoms with van der Waals surface area (Å²) in [5, 5.41) is 2.96. The van der Waals surface area contributed by atoms with Crippen LogP contribution in [0.5, 0.6) is 11.5 Å². The molecule has 0 heterocycles. The van der Waals surface area contributed by atoms with Crippen LogP contribution in [0.2, 0.25) is 0 Å². The van der Waals surface area contributed by atoms with E-state index in [-0.39, 0.29) is 5.91 Å². The Labute approximate surface area is 155 Å². The maximum absolute atomic E-state index is 12.2. The van der Waals surface area contributed by atoms with Gasteiger partial charge in [-0.1, -0.05) is 37.8 Å². The van der Waals surface area contributed by atoms with Crippen molar-refractivity contribution < 1.29 is 14.3 Å². The summed E-state index contributed by atoms with van der Waals surface area (Å²) in [6.45, 7) is 7.50. The van der Waals surface area contributed by atoms with Gasteiger partial charge in [-0.15, -0.1) is 0 Å². The fourth-order valence-corrected chi connectivity index (χ4v) is 2.50. The first-order valence-electron chi connectivity index (χ1n) is 9.07. The van der Waals surface area contributed by atoms with Gasteiger partial charge >= 0.3 is 0 Å². The van der Waals surface area contributed by atoms with E-state index in [9.17, 15) is 4.79 Å². The fourth-order valence-electron chi connectivity index (χ4n) is 2.50. The summed E-state index contributed by atoms with van der Waals surface area (Å²) in [5.41, 5.74) is 1.81. The van der Waals surface area contributed by atoms with Gasteiger partial charge in [-0.2, -0.15) is 0 Å². The van der Waals surface area contributed by atoms with Gasteiger partial charge in [-0.3, -0.25) is 4.79 Å². The van der Waals surface area contributed by atoms with Crippen LogP contribution in [0.3, 0.4) is 0 Å². The van der Waals surface area contributed by atoms with Crippen LogP contribution in [-0.4, -0.2) is 25.7 Å². The lowest BCUT2D eigenvalue weighted by Crippen LogP contribution is -2.24. The molecule has 2 aromatic carbocycles. The molecule has 1 amide bonds. The topological polar surface area (TPSA) is 47.6 Å². The Morgan fingerprint density at radius 1 is 1.12 bits per heavy atom. The lowest BCUT2D eigenvalue weighted by atomic mass is 10.1. The third-order valence-corrected chi connectivity index (χ3v) is 3.83. The van der Waals surface area contributed by atoms with Crippen molar-refractivity contribution in [1.29, 1.82) is 0 Å². The molecule has 0 aliphatic carbocycles. The third-order valence-electron chi connectivity index (χ3n) is 3.83. The number of para-hydroxylation sites is 1. The van der Waals surface area contributed by atoms with Crippen LogP contribution in [-0.2, 0) is 6.42 Å². The molecule has 4 nitrogen and oxygen atoms in total. The summed E-state index contributed by atoms with van der Waals surface area (Å²) in [7, 11) is 0. The average Bonchev–Trinajstić information content (AvgIpc) is 2.69. The smallest absolute Gasteiger partial charge is 0.251 e.